The van der Waals surface area contributed by atoms with Gasteiger partial charge in [-0.15, -0.1) is 0 Å². The van der Waals surface area contributed by atoms with E-state index in [1.54, 1.807) is 0 Å². The predicted octanol–water partition coefficient (Wildman–Crippen LogP) is 4.12. The Labute approximate surface area is 174 Å². The van der Waals surface area contributed by atoms with Crippen LogP contribution in [0.2, 0.25) is 0 Å². The number of rotatable bonds is 7. The maximum absolute atomic E-state index is 6.32. The van der Waals surface area contributed by atoms with Crippen LogP contribution >= 0.6 is 17.6 Å². The quantitative estimate of drug-likeness (QED) is 0.609. The van der Waals surface area contributed by atoms with Crippen LogP contribution in [0.25, 0.3) is 0 Å². The van der Waals surface area contributed by atoms with Crippen molar-refractivity contribution in [3.8, 4) is 5.75 Å². The molecular formula is C21H26O6P2. The van der Waals surface area contributed by atoms with Gasteiger partial charge in [-0.25, -0.2) is 0 Å². The van der Waals surface area contributed by atoms with Gasteiger partial charge < -0.3 is 28.0 Å². The van der Waals surface area contributed by atoms with Gasteiger partial charge in [-0.1, -0.05) is 48.5 Å². The van der Waals surface area contributed by atoms with Crippen molar-refractivity contribution in [1.82, 2.24) is 0 Å². The average molecular weight is 436 g/mol. The molecule has 2 saturated heterocycles. The Morgan fingerprint density at radius 1 is 0.828 bits per heavy atom. The third-order valence-electron chi connectivity index (χ3n) is 4.86. The third kappa shape index (κ3) is 4.98. The van der Waals surface area contributed by atoms with E-state index >= 15 is 0 Å². The third-order valence-corrected chi connectivity index (χ3v) is 5.87. The van der Waals surface area contributed by atoms with Gasteiger partial charge in [-0.3, -0.25) is 0 Å². The first-order valence-electron chi connectivity index (χ1n) is 9.64. The molecular weight excluding hydrogens is 410 g/mol. The first-order chi connectivity index (χ1) is 14.3. The maximum Gasteiger partial charge on any atom is 0.229 e. The lowest BCUT2D eigenvalue weighted by atomic mass is 9.98. The molecule has 2 heterocycles. The van der Waals surface area contributed by atoms with Crippen molar-refractivity contribution < 1.29 is 28.0 Å². The minimum absolute atomic E-state index is 0.271. The van der Waals surface area contributed by atoms with E-state index in [0.29, 0.717) is 15.4 Å². The summed E-state index contributed by atoms with van der Waals surface area (Å²) in [5, 5.41) is 0. The van der Waals surface area contributed by atoms with Crippen molar-refractivity contribution in [1.29, 1.82) is 0 Å². The second-order valence-corrected chi connectivity index (χ2v) is 8.01. The monoisotopic (exact) mass is 436 g/mol. The van der Waals surface area contributed by atoms with Crippen LogP contribution in [0.3, 0.4) is 0 Å². The fraction of sp³-hybridized carbons (Fsp3) is 0.429. The Hall–Kier alpha value is -1.10. The minimum atomic E-state index is -0.604. The first-order valence-corrected chi connectivity index (χ1v) is 12.5. The van der Waals surface area contributed by atoms with Crippen molar-refractivity contribution in [3.63, 3.8) is 0 Å². The summed E-state index contributed by atoms with van der Waals surface area (Å²) in [6.45, 7) is 4.37. The fourth-order valence-corrected chi connectivity index (χ4v) is 4.64. The standard InChI is InChI=1S/C21H26O6P2/c1-28-26-18-17-16(13-22-20(25-17)14-9-5-3-6-10-14)24-21(19(18)27-29-2)23-15-11-7-4-8-12-15/h3-12,16-21,28-29H,13H2,1-2H3. The molecule has 2 aliphatic rings. The van der Waals surface area contributed by atoms with Crippen molar-refractivity contribution in [2.45, 2.75) is 37.0 Å². The Morgan fingerprint density at radius 2 is 1.48 bits per heavy atom. The van der Waals surface area contributed by atoms with Gasteiger partial charge in [-0.2, -0.15) is 0 Å². The van der Waals surface area contributed by atoms with E-state index in [-0.39, 0.29) is 27.1 Å². The molecule has 2 aliphatic heterocycles. The molecule has 0 bridgehead atoms. The summed E-state index contributed by atoms with van der Waals surface area (Å²) in [5.41, 5.74) is 0.973. The summed E-state index contributed by atoms with van der Waals surface area (Å²) in [6, 6.07) is 19.5. The lowest BCUT2D eigenvalue weighted by Crippen LogP contribution is -2.63. The Morgan fingerprint density at radius 3 is 2.17 bits per heavy atom. The van der Waals surface area contributed by atoms with E-state index in [1.165, 1.54) is 0 Å². The number of ether oxygens (including phenoxy) is 4. The molecule has 2 aromatic carbocycles. The molecule has 2 aromatic rings. The molecule has 0 N–H and O–H groups in total. The van der Waals surface area contributed by atoms with Crippen molar-refractivity contribution in [3.05, 3.63) is 66.2 Å². The van der Waals surface area contributed by atoms with Gasteiger partial charge in [0.1, 0.15) is 24.1 Å². The van der Waals surface area contributed by atoms with E-state index in [9.17, 15) is 0 Å². The number of para-hydroxylation sites is 1. The molecule has 0 amide bonds. The molecule has 6 nitrogen and oxygen atoms in total. The summed E-state index contributed by atoms with van der Waals surface area (Å²) >= 11 is 0. The second-order valence-electron chi connectivity index (χ2n) is 6.72. The fourth-order valence-electron chi connectivity index (χ4n) is 3.59. The lowest BCUT2D eigenvalue weighted by Gasteiger charge is -2.48. The zero-order chi connectivity index (χ0) is 20.1. The molecule has 8 unspecified atom stereocenters. The van der Waals surface area contributed by atoms with Crippen LogP contribution in [-0.4, -0.2) is 50.6 Å². The Bertz CT molecular complexity index is 747. The van der Waals surface area contributed by atoms with Gasteiger partial charge >= 0.3 is 0 Å². The molecule has 0 saturated carbocycles. The smallest absolute Gasteiger partial charge is 0.229 e. The van der Waals surface area contributed by atoms with Crippen LogP contribution in [-0.2, 0) is 23.3 Å². The van der Waals surface area contributed by atoms with Crippen LogP contribution in [0, 0.1) is 0 Å². The summed E-state index contributed by atoms with van der Waals surface area (Å²) in [5.74, 6) is 0.724. The van der Waals surface area contributed by atoms with E-state index in [4.69, 9.17) is 28.0 Å². The summed E-state index contributed by atoms with van der Waals surface area (Å²) in [7, 11) is 0.561. The minimum Gasteiger partial charge on any atom is -0.462 e. The van der Waals surface area contributed by atoms with Crippen LogP contribution in [0.15, 0.2) is 60.7 Å². The molecule has 0 aromatic heterocycles. The SMILES string of the molecule is CPOC1C(Oc2ccccc2)OC2COC(c3ccccc3)OC2C1OPC. The van der Waals surface area contributed by atoms with E-state index in [2.05, 4.69) is 0 Å². The van der Waals surface area contributed by atoms with E-state index < -0.39 is 18.7 Å². The lowest BCUT2D eigenvalue weighted by molar-refractivity contribution is -0.342. The first kappa shape index (κ1) is 21.1. The Kier molecular flexibility index (Phi) is 7.49. The summed E-state index contributed by atoms with van der Waals surface area (Å²) in [6.07, 6.45) is -2.38. The summed E-state index contributed by atoms with van der Waals surface area (Å²) < 4.78 is 36.8. The molecule has 156 valence electrons. The molecule has 2 fully saturated rings. The number of hydrogen-bond donors (Lipinski definition) is 0. The molecule has 4 rings (SSSR count). The summed E-state index contributed by atoms with van der Waals surface area (Å²) in [4.78, 5) is 0. The number of fused-ring (bicyclic) bond motifs is 1. The molecule has 0 spiro atoms. The zero-order valence-corrected chi connectivity index (χ0v) is 18.4. The molecule has 8 atom stereocenters. The van der Waals surface area contributed by atoms with Crippen LogP contribution in [0.4, 0.5) is 0 Å². The van der Waals surface area contributed by atoms with Crippen molar-refractivity contribution >= 4 is 17.6 Å². The maximum atomic E-state index is 6.32. The van der Waals surface area contributed by atoms with Gasteiger partial charge in [0.15, 0.2) is 12.4 Å². The zero-order valence-electron chi connectivity index (χ0n) is 16.4. The van der Waals surface area contributed by atoms with Crippen molar-refractivity contribution in [2.24, 2.45) is 0 Å². The second kappa shape index (κ2) is 10.3. The molecule has 8 heteroatoms. The predicted molar refractivity (Wildman–Crippen MR) is 114 cm³/mol. The Balaban J connectivity index is 1.56. The topological polar surface area (TPSA) is 55.4 Å². The van der Waals surface area contributed by atoms with E-state index in [0.717, 1.165) is 11.3 Å². The van der Waals surface area contributed by atoms with Gasteiger partial charge in [0.2, 0.25) is 6.29 Å². The van der Waals surface area contributed by atoms with Gasteiger partial charge in [0.25, 0.3) is 0 Å². The number of hydrogen-bond acceptors (Lipinski definition) is 6. The van der Waals surface area contributed by atoms with E-state index in [1.807, 2.05) is 74.0 Å². The highest BCUT2D eigenvalue weighted by molar-refractivity contribution is 7.31. The number of benzene rings is 2. The van der Waals surface area contributed by atoms with Crippen LogP contribution < -0.4 is 4.74 Å². The molecule has 0 aliphatic carbocycles. The highest BCUT2D eigenvalue weighted by atomic mass is 31.1. The average Bonchev–Trinajstić information content (AvgIpc) is 2.77. The van der Waals surface area contributed by atoms with Crippen LogP contribution in [0.5, 0.6) is 5.75 Å². The largest absolute Gasteiger partial charge is 0.462 e. The van der Waals surface area contributed by atoms with Crippen LogP contribution in [0.1, 0.15) is 11.9 Å². The highest BCUT2D eigenvalue weighted by Gasteiger charge is 2.52. The normalized spacial score (nSPS) is 32.6. The van der Waals surface area contributed by atoms with Gasteiger partial charge in [-0.05, 0) is 25.5 Å². The molecule has 0 radical (unpaired) electrons. The van der Waals surface area contributed by atoms with Gasteiger partial charge in [0, 0.05) is 23.2 Å². The molecule has 29 heavy (non-hydrogen) atoms. The van der Waals surface area contributed by atoms with Crippen molar-refractivity contribution in [2.75, 3.05) is 19.9 Å². The van der Waals surface area contributed by atoms with Gasteiger partial charge in [0.05, 0.1) is 6.61 Å². The highest BCUT2D eigenvalue weighted by Crippen LogP contribution is 2.39.